The monoisotopic (exact) mass is 491 g/mol. The highest BCUT2D eigenvalue weighted by molar-refractivity contribution is 7.15. The summed E-state index contributed by atoms with van der Waals surface area (Å²) in [6.45, 7) is -0.0382. The van der Waals surface area contributed by atoms with E-state index in [4.69, 9.17) is 16.4 Å². The minimum absolute atomic E-state index is 0.0382. The molecule has 0 radical (unpaired) electrons. The third-order valence-corrected chi connectivity index (χ3v) is 6.73. The number of ether oxygens (including phenoxy) is 1. The van der Waals surface area contributed by atoms with Crippen LogP contribution in [-0.2, 0) is 0 Å². The van der Waals surface area contributed by atoms with Crippen molar-refractivity contribution >= 4 is 17.2 Å². The molecule has 34 heavy (non-hydrogen) atoms. The summed E-state index contributed by atoms with van der Waals surface area (Å²) in [5.41, 5.74) is 4.12. The molecular weight excluding hydrogens is 467 g/mol. The molecule has 0 saturated heterocycles. The van der Waals surface area contributed by atoms with Gasteiger partial charge in [0.1, 0.15) is 5.75 Å². The average molecular weight is 492 g/mol. The standard InChI is InChI=1S/C23H24F3N5O2S/c24-23(25,26)10-1-11-33-15-6-4-13(5-7-15)17-12-16(19-9-8-18(34-19)14-2-3-14)20(22(32)29-17)21(30-27)31-28/h4-9,12,14H,1-3,10-11,27-28H2,(H,29,32)(H,30,31). The van der Waals surface area contributed by atoms with Crippen molar-refractivity contribution in [3.8, 4) is 27.4 Å². The van der Waals surface area contributed by atoms with E-state index in [-0.39, 0.29) is 24.4 Å². The first-order chi connectivity index (χ1) is 16.3. The molecule has 1 aromatic carbocycles. The maximum atomic E-state index is 13.0. The molecule has 1 aliphatic rings. The molecule has 0 bridgehead atoms. The summed E-state index contributed by atoms with van der Waals surface area (Å²) in [6.07, 6.45) is -2.87. The fourth-order valence-electron chi connectivity index (χ4n) is 3.60. The zero-order valence-electron chi connectivity index (χ0n) is 18.1. The van der Waals surface area contributed by atoms with Gasteiger partial charge in [0.15, 0.2) is 5.84 Å². The number of amidine groups is 1. The van der Waals surface area contributed by atoms with Gasteiger partial charge in [0.2, 0.25) is 0 Å². The molecule has 2 aromatic heterocycles. The van der Waals surface area contributed by atoms with Gasteiger partial charge in [-0.3, -0.25) is 4.79 Å². The second kappa shape index (κ2) is 9.90. The predicted molar refractivity (Wildman–Crippen MR) is 127 cm³/mol. The fraction of sp³-hybridized carbons (Fsp3) is 0.304. The Labute approximate surface area is 197 Å². The van der Waals surface area contributed by atoms with Crippen molar-refractivity contribution < 1.29 is 17.9 Å². The number of halogens is 3. The largest absolute Gasteiger partial charge is 0.494 e. The lowest BCUT2D eigenvalue weighted by Gasteiger charge is -2.12. The minimum atomic E-state index is -4.20. The Hall–Kier alpha value is -3.31. The first kappa shape index (κ1) is 23.8. The van der Waals surface area contributed by atoms with E-state index in [2.05, 4.69) is 21.6 Å². The molecule has 2 heterocycles. The number of nitrogens with zero attached hydrogens (tertiary/aromatic N) is 1. The van der Waals surface area contributed by atoms with E-state index in [1.54, 1.807) is 35.6 Å². The average Bonchev–Trinajstić information content (AvgIpc) is 3.54. The Morgan fingerprint density at radius 2 is 1.94 bits per heavy atom. The van der Waals surface area contributed by atoms with Crippen molar-refractivity contribution in [3.63, 3.8) is 0 Å². The molecule has 11 heteroatoms. The van der Waals surface area contributed by atoms with E-state index < -0.39 is 18.2 Å². The summed E-state index contributed by atoms with van der Waals surface area (Å²) in [4.78, 5) is 18.0. The minimum Gasteiger partial charge on any atom is -0.494 e. The van der Waals surface area contributed by atoms with E-state index in [0.717, 1.165) is 17.7 Å². The second-order valence-electron chi connectivity index (χ2n) is 7.99. The molecule has 7 nitrogen and oxygen atoms in total. The highest BCUT2D eigenvalue weighted by atomic mass is 32.1. The summed E-state index contributed by atoms with van der Waals surface area (Å²) in [5, 5.41) is 3.62. The van der Waals surface area contributed by atoms with Gasteiger partial charge in [-0.05, 0) is 73.2 Å². The molecule has 1 fully saturated rings. The molecule has 3 aromatic rings. The lowest BCUT2D eigenvalue weighted by molar-refractivity contribution is -0.136. The van der Waals surface area contributed by atoms with Crippen molar-refractivity contribution in [3.05, 3.63) is 63.3 Å². The maximum Gasteiger partial charge on any atom is 0.389 e. The molecule has 0 atom stereocenters. The quantitative estimate of drug-likeness (QED) is 0.122. The van der Waals surface area contributed by atoms with E-state index in [0.29, 0.717) is 28.5 Å². The van der Waals surface area contributed by atoms with Crippen LogP contribution in [0.2, 0.25) is 0 Å². The molecule has 0 aliphatic heterocycles. The Balaban J connectivity index is 1.62. The van der Waals surface area contributed by atoms with Crippen LogP contribution in [0.4, 0.5) is 13.2 Å². The number of nitrogens with one attached hydrogen (secondary N) is 2. The number of benzene rings is 1. The van der Waals surface area contributed by atoms with Gasteiger partial charge in [0.05, 0.1) is 12.2 Å². The molecule has 6 N–H and O–H groups in total. The van der Waals surface area contributed by atoms with Gasteiger partial charge in [0.25, 0.3) is 5.56 Å². The SMILES string of the molecule is N/N=C(\NN)c1c(-c2ccc(C3CC3)s2)cc(-c2ccc(OCCCC(F)(F)F)cc2)[nH]c1=O. The summed E-state index contributed by atoms with van der Waals surface area (Å²) in [7, 11) is 0. The predicted octanol–water partition coefficient (Wildman–Crippen LogP) is 4.45. The van der Waals surface area contributed by atoms with E-state index in [1.165, 1.54) is 4.88 Å². The summed E-state index contributed by atoms with van der Waals surface area (Å²) < 4.78 is 42.2. The third kappa shape index (κ3) is 5.60. The zero-order chi connectivity index (χ0) is 24.3. The number of pyridine rings is 1. The lowest BCUT2D eigenvalue weighted by Crippen LogP contribution is -2.36. The van der Waals surface area contributed by atoms with Crippen LogP contribution < -0.4 is 27.4 Å². The van der Waals surface area contributed by atoms with Gasteiger partial charge in [-0.2, -0.15) is 18.3 Å². The van der Waals surface area contributed by atoms with Gasteiger partial charge < -0.3 is 21.0 Å². The Morgan fingerprint density at radius 1 is 1.21 bits per heavy atom. The number of nitrogens with two attached hydrogens (primary N) is 2. The van der Waals surface area contributed by atoms with E-state index in [9.17, 15) is 18.0 Å². The first-order valence-corrected chi connectivity index (χ1v) is 11.5. The number of hydrogen-bond acceptors (Lipinski definition) is 6. The Kier molecular flexibility index (Phi) is 6.94. The molecule has 0 unspecified atom stereocenters. The van der Waals surface area contributed by atoms with Gasteiger partial charge >= 0.3 is 6.18 Å². The molecule has 4 rings (SSSR count). The number of aromatic amines is 1. The highest BCUT2D eigenvalue weighted by Crippen LogP contribution is 2.45. The maximum absolute atomic E-state index is 13.0. The number of hydrazine groups is 1. The van der Waals surface area contributed by atoms with Crippen LogP contribution in [0.5, 0.6) is 5.75 Å². The van der Waals surface area contributed by atoms with Crippen molar-refractivity contribution in [2.45, 2.75) is 37.8 Å². The third-order valence-electron chi connectivity index (χ3n) is 5.45. The van der Waals surface area contributed by atoms with Crippen LogP contribution >= 0.6 is 11.3 Å². The van der Waals surface area contributed by atoms with Crippen LogP contribution in [0.1, 0.15) is 42.0 Å². The smallest absolute Gasteiger partial charge is 0.389 e. The molecule has 0 spiro atoms. The topological polar surface area (TPSA) is 119 Å². The number of thiophene rings is 1. The van der Waals surface area contributed by atoms with Crippen LogP contribution in [0, 0.1) is 0 Å². The zero-order valence-corrected chi connectivity index (χ0v) is 18.9. The number of hydrazone groups is 1. The first-order valence-electron chi connectivity index (χ1n) is 10.7. The van der Waals surface area contributed by atoms with Gasteiger partial charge in [-0.25, -0.2) is 5.84 Å². The van der Waals surface area contributed by atoms with Crippen LogP contribution in [0.25, 0.3) is 21.7 Å². The van der Waals surface area contributed by atoms with Crippen molar-refractivity contribution in [2.24, 2.45) is 16.8 Å². The van der Waals surface area contributed by atoms with Crippen LogP contribution in [0.3, 0.4) is 0 Å². The van der Waals surface area contributed by atoms with Crippen molar-refractivity contribution in [1.29, 1.82) is 0 Å². The number of aromatic nitrogens is 1. The molecule has 1 saturated carbocycles. The van der Waals surface area contributed by atoms with Gasteiger partial charge in [-0.1, -0.05) is 0 Å². The Bertz CT molecular complexity index is 1230. The normalized spacial score (nSPS) is 14.3. The van der Waals surface area contributed by atoms with E-state index in [1.807, 2.05) is 12.1 Å². The Morgan fingerprint density at radius 3 is 2.56 bits per heavy atom. The van der Waals surface area contributed by atoms with Crippen molar-refractivity contribution in [2.75, 3.05) is 6.61 Å². The number of H-pyrrole nitrogens is 1. The van der Waals surface area contributed by atoms with Crippen LogP contribution in [-0.4, -0.2) is 23.6 Å². The fourth-order valence-corrected chi connectivity index (χ4v) is 4.80. The van der Waals surface area contributed by atoms with Gasteiger partial charge in [0, 0.05) is 27.4 Å². The van der Waals surface area contributed by atoms with Gasteiger partial charge in [-0.15, -0.1) is 11.3 Å². The molecule has 1 aliphatic carbocycles. The summed E-state index contributed by atoms with van der Waals surface area (Å²) in [5.74, 6) is 12.1. The molecule has 180 valence electrons. The number of alkyl halides is 3. The molecular formula is C23H24F3N5O2S. The highest BCUT2D eigenvalue weighted by Gasteiger charge is 2.27. The summed E-state index contributed by atoms with van der Waals surface area (Å²) >= 11 is 1.62. The number of hydrogen-bond donors (Lipinski definition) is 4. The second-order valence-corrected chi connectivity index (χ2v) is 9.11. The lowest BCUT2D eigenvalue weighted by atomic mass is 10.0. The molecule has 0 amide bonds. The number of rotatable bonds is 8. The van der Waals surface area contributed by atoms with Crippen molar-refractivity contribution in [1.82, 2.24) is 10.4 Å². The van der Waals surface area contributed by atoms with Crippen LogP contribution in [0.15, 0.2) is 52.4 Å². The summed E-state index contributed by atoms with van der Waals surface area (Å²) in [6, 6.07) is 12.7. The van der Waals surface area contributed by atoms with E-state index >= 15 is 0 Å².